The number of furan rings is 2. The second-order valence-electron chi connectivity index (χ2n) is 11.2. The summed E-state index contributed by atoms with van der Waals surface area (Å²) in [6.45, 7) is 3.70. The van der Waals surface area contributed by atoms with Gasteiger partial charge >= 0.3 is 0 Å². The Morgan fingerprint density at radius 2 is 0.905 bits per heavy atom. The van der Waals surface area contributed by atoms with Crippen LogP contribution in [-0.2, 0) is 19.2 Å². The Morgan fingerprint density at radius 1 is 0.500 bits per heavy atom. The normalized spacial score (nSPS) is 29.1. The summed E-state index contributed by atoms with van der Waals surface area (Å²) in [6, 6.07) is 17.9. The summed E-state index contributed by atoms with van der Waals surface area (Å²) in [6.07, 6.45) is 3.01. The lowest BCUT2D eigenvalue weighted by molar-refractivity contribution is -0.136. The van der Waals surface area contributed by atoms with Crippen LogP contribution in [0.3, 0.4) is 0 Å². The zero-order chi connectivity index (χ0) is 28.9. The van der Waals surface area contributed by atoms with Gasteiger partial charge in [0.25, 0.3) is 11.8 Å². The van der Waals surface area contributed by atoms with Crippen molar-refractivity contribution in [1.82, 2.24) is 10.0 Å². The largest absolute Gasteiger partial charge is 0.468 e. The molecular formula is C32H26N4O6. The summed E-state index contributed by atoms with van der Waals surface area (Å²) in [5, 5.41) is 3.52. The molecule has 10 heteroatoms. The van der Waals surface area contributed by atoms with Gasteiger partial charge in [0.05, 0.1) is 47.8 Å². The lowest BCUT2D eigenvalue weighted by atomic mass is 9.87. The highest BCUT2D eigenvalue weighted by Gasteiger charge is 2.74. The maximum atomic E-state index is 14.3. The molecule has 0 N–H and O–H groups in total. The van der Waals surface area contributed by atoms with Crippen LogP contribution in [0.4, 0.5) is 11.4 Å². The molecule has 8 rings (SSSR count). The summed E-state index contributed by atoms with van der Waals surface area (Å²) in [5.74, 6) is -2.46. The van der Waals surface area contributed by atoms with E-state index in [1.54, 1.807) is 58.5 Å². The summed E-state index contributed by atoms with van der Waals surface area (Å²) in [7, 11) is 0. The van der Waals surface area contributed by atoms with E-state index in [2.05, 4.69) is 0 Å². The highest BCUT2D eigenvalue weighted by atomic mass is 16.3. The van der Waals surface area contributed by atoms with Crippen molar-refractivity contribution < 1.29 is 28.0 Å². The third-order valence-electron chi connectivity index (χ3n) is 9.11. The molecule has 0 unspecified atom stereocenters. The molecule has 4 fully saturated rings. The van der Waals surface area contributed by atoms with E-state index < -0.39 is 47.8 Å². The molecule has 210 valence electrons. The highest BCUT2D eigenvalue weighted by molar-refractivity contribution is 6.26. The molecule has 10 nitrogen and oxygen atoms in total. The van der Waals surface area contributed by atoms with Crippen molar-refractivity contribution >= 4 is 35.0 Å². The van der Waals surface area contributed by atoms with E-state index in [0.717, 1.165) is 11.1 Å². The number of aryl methyl sites for hydroxylation is 2. The standard InChI is InChI=1S/C32H26N4O6/c1-17-9-3-5-11-19(17)33-29(37)23-25(21-13-7-15-41-21)36-28-24(26(22-14-8-16-42-22)35(36)27(23)31(33)39)30(38)34(32(28)40)20-12-6-4-10-18(20)2/h3-16,23-28H,1-2H3/t23-,24+,25+,26-,27-,28+. The zero-order valence-corrected chi connectivity index (χ0v) is 22.8. The van der Waals surface area contributed by atoms with Gasteiger partial charge in [-0.15, -0.1) is 0 Å². The van der Waals surface area contributed by atoms with Crippen molar-refractivity contribution in [3.05, 3.63) is 108 Å². The quantitative estimate of drug-likeness (QED) is 0.345. The van der Waals surface area contributed by atoms with Gasteiger partial charge in [0.1, 0.15) is 23.6 Å². The van der Waals surface area contributed by atoms with E-state index in [1.165, 1.54) is 22.3 Å². The summed E-state index contributed by atoms with van der Waals surface area (Å²) in [4.78, 5) is 59.7. The molecule has 0 spiro atoms. The molecule has 2 aromatic carbocycles. The van der Waals surface area contributed by atoms with Crippen molar-refractivity contribution in [2.24, 2.45) is 11.8 Å². The van der Waals surface area contributed by atoms with Crippen LogP contribution in [-0.4, -0.2) is 45.7 Å². The van der Waals surface area contributed by atoms with Crippen LogP contribution in [0.25, 0.3) is 0 Å². The number of rotatable bonds is 4. The highest BCUT2D eigenvalue weighted by Crippen LogP contribution is 2.60. The Hall–Kier alpha value is -4.80. The van der Waals surface area contributed by atoms with E-state index >= 15 is 0 Å². The van der Waals surface area contributed by atoms with E-state index in [9.17, 15) is 19.2 Å². The number of anilines is 2. The SMILES string of the molecule is Cc1ccccc1N1C(=O)[C@@H]2[C@@H](C1=O)N1[C@@H](c3ccco3)[C@H]3C(=O)N(c4ccccc4C)C(=O)[C@@H]3N1[C@@H]2c1ccco1. The Morgan fingerprint density at radius 3 is 1.26 bits per heavy atom. The van der Waals surface area contributed by atoms with Crippen LogP contribution in [0.2, 0.25) is 0 Å². The molecule has 6 atom stereocenters. The minimum Gasteiger partial charge on any atom is -0.468 e. The van der Waals surface area contributed by atoms with E-state index in [0.29, 0.717) is 22.9 Å². The lowest BCUT2D eigenvalue weighted by Gasteiger charge is -2.34. The van der Waals surface area contributed by atoms with E-state index in [4.69, 9.17) is 8.83 Å². The summed E-state index contributed by atoms with van der Waals surface area (Å²) < 4.78 is 11.7. The first-order chi connectivity index (χ1) is 20.4. The molecule has 2 aromatic heterocycles. The molecule has 0 saturated carbocycles. The lowest BCUT2D eigenvalue weighted by Crippen LogP contribution is -2.50. The number of hydrogen-bond donors (Lipinski definition) is 0. The van der Waals surface area contributed by atoms with Crippen molar-refractivity contribution in [3.63, 3.8) is 0 Å². The fourth-order valence-corrected chi connectivity index (χ4v) is 7.42. The summed E-state index contributed by atoms with van der Waals surface area (Å²) >= 11 is 0. The van der Waals surface area contributed by atoms with Gasteiger partial charge in [0, 0.05) is 0 Å². The topological polar surface area (TPSA) is 108 Å². The Balaban J connectivity index is 1.32. The minimum atomic E-state index is -0.972. The average Bonchev–Trinajstić information content (AvgIpc) is 3.81. The number of hydrazine groups is 1. The van der Waals surface area contributed by atoms with Crippen LogP contribution in [0.5, 0.6) is 0 Å². The maximum Gasteiger partial charge on any atom is 0.253 e. The first-order valence-electron chi connectivity index (χ1n) is 13.9. The Bertz CT molecular complexity index is 1640. The summed E-state index contributed by atoms with van der Waals surface area (Å²) in [5.41, 5.74) is 2.59. The fraction of sp³-hybridized carbons (Fsp3) is 0.250. The molecule has 0 radical (unpaired) electrons. The molecule has 4 amide bonds. The van der Waals surface area contributed by atoms with Gasteiger partial charge in [-0.2, -0.15) is 0 Å². The second kappa shape index (κ2) is 8.85. The van der Waals surface area contributed by atoms with Crippen molar-refractivity contribution in [3.8, 4) is 0 Å². The number of nitrogens with zero attached hydrogens (tertiary/aromatic N) is 4. The number of fused-ring (bicyclic) bond motifs is 5. The molecule has 0 aliphatic carbocycles. The molecule has 6 heterocycles. The van der Waals surface area contributed by atoms with Crippen LogP contribution in [0, 0.1) is 25.7 Å². The third kappa shape index (κ3) is 3.10. The molecule has 42 heavy (non-hydrogen) atoms. The molecule has 4 aliphatic heterocycles. The van der Waals surface area contributed by atoms with Crippen LogP contribution in [0.15, 0.2) is 94.2 Å². The molecule has 4 aliphatic rings. The Labute approximate surface area is 240 Å². The van der Waals surface area contributed by atoms with Crippen LogP contribution < -0.4 is 9.80 Å². The van der Waals surface area contributed by atoms with Gasteiger partial charge in [-0.3, -0.25) is 19.2 Å². The second-order valence-corrected chi connectivity index (χ2v) is 11.2. The van der Waals surface area contributed by atoms with Crippen molar-refractivity contribution in [2.45, 2.75) is 38.0 Å². The first-order valence-corrected chi connectivity index (χ1v) is 13.9. The predicted molar refractivity (Wildman–Crippen MR) is 148 cm³/mol. The predicted octanol–water partition coefficient (Wildman–Crippen LogP) is 3.93. The van der Waals surface area contributed by atoms with Crippen LogP contribution in [0.1, 0.15) is 34.7 Å². The van der Waals surface area contributed by atoms with E-state index in [-0.39, 0.29) is 11.8 Å². The van der Waals surface area contributed by atoms with Gasteiger partial charge in [0.2, 0.25) is 11.8 Å². The third-order valence-corrected chi connectivity index (χ3v) is 9.11. The van der Waals surface area contributed by atoms with Crippen molar-refractivity contribution in [2.75, 3.05) is 9.80 Å². The Kier molecular flexibility index (Phi) is 5.26. The van der Waals surface area contributed by atoms with E-state index in [1.807, 2.05) is 38.1 Å². The van der Waals surface area contributed by atoms with Crippen LogP contribution >= 0.6 is 0 Å². The van der Waals surface area contributed by atoms with Gasteiger partial charge in [-0.05, 0) is 61.4 Å². The number of carbonyl (C=O) groups excluding carboxylic acids is 4. The number of imide groups is 2. The molecule has 4 aromatic rings. The van der Waals surface area contributed by atoms with Crippen molar-refractivity contribution in [1.29, 1.82) is 0 Å². The van der Waals surface area contributed by atoms with Gasteiger partial charge in [0.15, 0.2) is 0 Å². The zero-order valence-electron chi connectivity index (χ0n) is 22.8. The molecule has 0 bridgehead atoms. The monoisotopic (exact) mass is 562 g/mol. The molecule has 4 saturated heterocycles. The number of para-hydroxylation sites is 2. The maximum absolute atomic E-state index is 14.3. The number of benzene rings is 2. The van der Waals surface area contributed by atoms with Gasteiger partial charge in [-0.1, -0.05) is 36.4 Å². The molecular weight excluding hydrogens is 536 g/mol. The number of carbonyl (C=O) groups is 4. The fourth-order valence-electron chi connectivity index (χ4n) is 7.42. The average molecular weight is 563 g/mol. The smallest absolute Gasteiger partial charge is 0.253 e. The first kappa shape index (κ1) is 25.0. The number of amides is 4. The minimum absolute atomic E-state index is 0.377. The van der Waals surface area contributed by atoms with Gasteiger partial charge in [-0.25, -0.2) is 19.8 Å². The number of hydrogen-bond acceptors (Lipinski definition) is 8. The van der Waals surface area contributed by atoms with Gasteiger partial charge < -0.3 is 8.83 Å².